The Balaban J connectivity index is 2.72. The molecule has 1 amide bonds. The number of carbonyl (C=O) groups is 1. The Morgan fingerprint density at radius 2 is 2.31 bits per heavy atom. The summed E-state index contributed by atoms with van der Waals surface area (Å²) in [6, 6.07) is 4.18. The Kier molecular flexibility index (Phi) is 3.48. The fraction of sp³-hybridized carbons (Fsp3) is 0.500. The number of aryl methyl sites for hydroxylation is 1. The highest BCUT2D eigenvalue weighted by molar-refractivity contribution is 7.12. The van der Waals surface area contributed by atoms with Crippen LogP contribution in [0.25, 0.3) is 0 Å². The van der Waals surface area contributed by atoms with E-state index in [0.717, 1.165) is 6.42 Å². The molecule has 0 aliphatic carbocycles. The summed E-state index contributed by atoms with van der Waals surface area (Å²) in [6.45, 7) is 4.16. The third kappa shape index (κ3) is 2.84. The van der Waals surface area contributed by atoms with Crippen molar-refractivity contribution in [3.63, 3.8) is 0 Å². The molecule has 1 aromatic rings. The van der Waals surface area contributed by atoms with Gasteiger partial charge >= 0.3 is 0 Å². The Labute approximate surface area is 82.8 Å². The van der Waals surface area contributed by atoms with Crippen molar-refractivity contribution in [1.82, 2.24) is 0 Å². The Morgan fingerprint density at radius 1 is 1.62 bits per heavy atom. The summed E-state index contributed by atoms with van der Waals surface area (Å²) in [5.74, 6) is 0.106. The van der Waals surface area contributed by atoms with E-state index in [1.54, 1.807) is 11.3 Å². The van der Waals surface area contributed by atoms with Gasteiger partial charge in [0.05, 0.1) is 0 Å². The first-order valence-electron chi connectivity index (χ1n) is 4.48. The van der Waals surface area contributed by atoms with E-state index >= 15 is 0 Å². The van der Waals surface area contributed by atoms with Crippen molar-refractivity contribution in [1.29, 1.82) is 0 Å². The molecule has 0 fully saturated rings. The maximum atomic E-state index is 10.8. The summed E-state index contributed by atoms with van der Waals surface area (Å²) in [6.07, 6.45) is 1.44. The monoisotopic (exact) mass is 197 g/mol. The normalized spacial score (nSPS) is 12.8. The topological polar surface area (TPSA) is 43.1 Å². The highest BCUT2D eigenvalue weighted by Crippen LogP contribution is 2.29. The molecule has 0 spiro atoms. The molecular weight excluding hydrogens is 182 g/mol. The second-order valence-corrected chi connectivity index (χ2v) is 4.54. The maximum Gasteiger partial charge on any atom is 0.218 e. The van der Waals surface area contributed by atoms with E-state index in [2.05, 4.69) is 26.0 Å². The lowest BCUT2D eigenvalue weighted by Crippen LogP contribution is -2.14. The van der Waals surface area contributed by atoms with Crippen LogP contribution >= 0.6 is 11.3 Å². The van der Waals surface area contributed by atoms with Crippen LogP contribution in [-0.2, 0) is 4.79 Å². The minimum atomic E-state index is -0.210. The van der Waals surface area contributed by atoms with Crippen LogP contribution < -0.4 is 5.73 Å². The summed E-state index contributed by atoms with van der Waals surface area (Å²) >= 11 is 1.75. The molecule has 1 heterocycles. The van der Waals surface area contributed by atoms with Gasteiger partial charge in [0.25, 0.3) is 0 Å². The molecule has 0 aliphatic heterocycles. The largest absolute Gasteiger partial charge is 0.370 e. The lowest BCUT2D eigenvalue weighted by atomic mass is 10.0. The van der Waals surface area contributed by atoms with E-state index in [9.17, 15) is 4.79 Å². The van der Waals surface area contributed by atoms with Gasteiger partial charge in [0.1, 0.15) is 0 Å². The van der Waals surface area contributed by atoms with Gasteiger partial charge < -0.3 is 5.73 Å². The molecule has 13 heavy (non-hydrogen) atoms. The van der Waals surface area contributed by atoms with E-state index in [4.69, 9.17) is 5.73 Å². The van der Waals surface area contributed by atoms with Crippen LogP contribution in [0.5, 0.6) is 0 Å². The third-order valence-electron chi connectivity index (χ3n) is 2.10. The molecule has 0 radical (unpaired) electrons. The number of carbonyl (C=O) groups excluding carboxylic acids is 1. The second kappa shape index (κ2) is 4.42. The second-order valence-electron chi connectivity index (χ2n) is 3.22. The zero-order valence-electron chi connectivity index (χ0n) is 8.04. The van der Waals surface area contributed by atoms with Crippen molar-refractivity contribution in [3.05, 3.63) is 21.9 Å². The Bertz CT molecular complexity index is 293. The van der Waals surface area contributed by atoms with Crippen molar-refractivity contribution in [2.75, 3.05) is 0 Å². The smallest absolute Gasteiger partial charge is 0.218 e. The lowest BCUT2D eigenvalue weighted by molar-refractivity contribution is -0.118. The number of nitrogens with two attached hydrogens (primary N) is 1. The highest BCUT2D eigenvalue weighted by Gasteiger charge is 2.13. The number of thiophene rings is 1. The SMILES string of the molecule is CCC(CC(N)=O)c1ccc(C)s1. The van der Waals surface area contributed by atoms with E-state index in [0.29, 0.717) is 12.3 Å². The maximum absolute atomic E-state index is 10.8. The van der Waals surface area contributed by atoms with Crippen LogP contribution in [0.4, 0.5) is 0 Å². The number of amides is 1. The van der Waals surface area contributed by atoms with E-state index in [-0.39, 0.29) is 5.91 Å². The van der Waals surface area contributed by atoms with Gasteiger partial charge in [-0.3, -0.25) is 4.79 Å². The van der Waals surface area contributed by atoms with Gasteiger partial charge in [-0.15, -0.1) is 11.3 Å². The first kappa shape index (κ1) is 10.3. The van der Waals surface area contributed by atoms with Gasteiger partial charge in [-0.25, -0.2) is 0 Å². The molecular formula is C10H15NOS. The third-order valence-corrected chi connectivity index (χ3v) is 3.27. The predicted octanol–water partition coefficient (Wildman–Crippen LogP) is 2.43. The molecule has 0 bridgehead atoms. The van der Waals surface area contributed by atoms with E-state index in [1.165, 1.54) is 9.75 Å². The average Bonchev–Trinajstić information content (AvgIpc) is 2.47. The fourth-order valence-electron chi connectivity index (χ4n) is 1.36. The van der Waals surface area contributed by atoms with Crippen molar-refractivity contribution < 1.29 is 4.79 Å². The summed E-state index contributed by atoms with van der Waals surface area (Å²) in [7, 11) is 0. The fourth-order valence-corrected chi connectivity index (χ4v) is 2.42. The van der Waals surface area contributed by atoms with E-state index in [1.807, 2.05) is 0 Å². The molecule has 0 saturated heterocycles. The Morgan fingerprint density at radius 3 is 2.69 bits per heavy atom. The van der Waals surface area contributed by atoms with Crippen molar-refractivity contribution >= 4 is 17.2 Å². The molecule has 0 saturated carbocycles. The Hall–Kier alpha value is -0.830. The standard InChI is InChI=1S/C10H15NOS/c1-3-8(6-10(11)12)9-5-4-7(2)13-9/h4-5,8H,3,6H2,1-2H3,(H2,11,12). The molecule has 2 nitrogen and oxygen atoms in total. The minimum absolute atomic E-state index is 0.210. The zero-order valence-corrected chi connectivity index (χ0v) is 8.86. The van der Waals surface area contributed by atoms with Gasteiger partial charge in [0.15, 0.2) is 0 Å². The summed E-state index contributed by atoms with van der Waals surface area (Å²) in [5.41, 5.74) is 5.18. The van der Waals surface area contributed by atoms with Crippen LogP contribution in [0, 0.1) is 6.92 Å². The first-order chi connectivity index (χ1) is 6.13. The molecule has 3 heteroatoms. The predicted molar refractivity (Wildman–Crippen MR) is 55.9 cm³/mol. The average molecular weight is 197 g/mol. The number of hydrogen-bond acceptors (Lipinski definition) is 2. The molecule has 1 aromatic heterocycles. The van der Waals surface area contributed by atoms with Crippen LogP contribution in [0.1, 0.15) is 35.4 Å². The van der Waals surface area contributed by atoms with Crippen molar-refractivity contribution in [2.45, 2.75) is 32.6 Å². The van der Waals surface area contributed by atoms with Gasteiger partial charge in [-0.2, -0.15) is 0 Å². The molecule has 0 aliphatic rings. The molecule has 2 N–H and O–H groups in total. The van der Waals surface area contributed by atoms with Crippen molar-refractivity contribution in [3.8, 4) is 0 Å². The number of rotatable bonds is 4. The van der Waals surface area contributed by atoms with Crippen LogP contribution in [0.15, 0.2) is 12.1 Å². The summed E-state index contributed by atoms with van der Waals surface area (Å²) in [5, 5.41) is 0. The number of hydrogen-bond donors (Lipinski definition) is 1. The number of primary amides is 1. The quantitative estimate of drug-likeness (QED) is 0.791. The van der Waals surface area contributed by atoms with Crippen molar-refractivity contribution in [2.24, 2.45) is 5.73 Å². The van der Waals surface area contributed by atoms with Crippen LogP contribution in [0.2, 0.25) is 0 Å². The lowest BCUT2D eigenvalue weighted by Gasteiger charge is -2.09. The van der Waals surface area contributed by atoms with E-state index < -0.39 is 0 Å². The van der Waals surface area contributed by atoms with Gasteiger partial charge in [0.2, 0.25) is 5.91 Å². The van der Waals surface area contributed by atoms with Gasteiger partial charge in [-0.1, -0.05) is 6.92 Å². The molecule has 1 unspecified atom stereocenters. The molecule has 72 valence electrons. The molecule has 1 rings (SSSR count). The minimum Gasteiger partial charge on any atom is -0.370 e. The highest BCUT2D eigenvalue weighted by atomic mass is 32.1. The zero-order chi connectivity index (χ0) is 9.84. The summed E-state index contributed by atoms with van der Waals surface area (Å²) in [4.78, 5) is 13.3. The van der Waals surface area contributed by atoms with Crippen LogP contribution in [0.3, 0.4) is 0 Å². The molecule has 0 aromatic carbocycles. The van der Waals surface area contributed by atoms with Crippen LogP contribution in [-0.4, -0.2) is 5.91 Å². The molecule has 1 atom stereocenters. The first-order valence-corrected chi connectivity index (χ1v) is 5.29. The van der Waals surface area contributed by atoms with Gasteiger partial charge in [-0.05, 0) is 25.5 Å². The van der Waals surface area contributed by atoms with Gasteiger partial charge in [0, 0.05) is 22.1 Å². The summed E-state index contributed by atoms with van der Waals surface area (Å²) < 4.78 is 0.